The van der Waals surface area contributed by atoms with Gasteiger partial charge in [-0.05, 0) is 45.9 Å². The van der Waals surface area contributed by atoms with E-state index in [9.17, 15) is 14.4 Å². The third-order valence-electron chi connectivity index (χ3n) is 3.53. The van der Waals surface area contributed by atoms with Crippen LogP contribution >= 0.6 is 0 Å². The van der Waals surface area contributed by atoms with Crippen molar-refractivity contribution in [1.82, 2.24) is 14.5 Å². The molecule has 0 atom stereocenters. The van der Waals surface area contributed by atoms with E-state index in [1.165, 1.54) is 36.2 Å². The molecule has 0 spiro atoms. The Morgan fingerprint density at radius 3 is 1.93 bits per heavy atom. The molecule has 0 unspecified atom stereocenters. The molecule has 0 amide bonds. The summed E-state index contributed by atoms with van der Waals surface area (Å²) < 4.78 is 16.6. The van der Waals surface area contributed by atoms with Gasteiger partial charge in [-0.3, -0.25) is 14.2 Å². The molecule has 0 fully saturated rings. The number of nitrogens with zero attached hydrogens (tertiary/aromatic N) is 3. The number of rotatable bonds is 7. The first kappa shape index (κ1) is 21.1. The first-order valence-corrected chi connectivity index (χ1v) is 8.74. The van der Waals surface area contributed by atoms with Crippen molar-refractivity contribution in [2.75, 3.05) is 7.11 Å². The lowest BCUT2D eigenvalue weighted by molar-refractivity contribution is -0.161. The Bertz CT molecular complexity index is 823. The highest BCUT2D eigenvalue weighted by Gasteiger charge is 2.37. The molecule has 2 aromatic heterocycles. The second-order valence-corrected chi connectivity index (χ2v) is 6.42. The maximum atomic E-state index is 12.7. The number of methoxy groups -OCH3 is 1. The number of esters is 3. The predicted octanol–water partition coefficient (Wildman–Crippen LogP) is 2.04. The second kappa shape index (κ2) is 9.12. The van der Waals surface area contributed by atoms with E-state index < -0.39 is 36.0 Å². The molecule has 2 aromatic rings. The maximum absolute atomic E-state index is 12.7. The zero-order valence-corrected chi connectivity index (χ0v) is 16.4. The molecule has 0 bridgehead atoms. The Labute approximate surface area is 162 Å². The SMILES string of the molecule is COC(=O)c1ccc(C(C(=O)OC(C)C)C(=O)OC(C)C)n1-c1ncccn1. The molecule has 2 rings (SSSR count). The van der Waals surface area contributed by atoms with E-state index in [0.717, 1.165) is 0 Å². The monoisotopic (exact) mass is 389 g/mol. The Kier molecular flexibility index (Phi) is 6.86. The summed E-state index contributed by atoms with van der Waals surface area (Å²) in [4.78, 5) is 45.9. The van der Waals surface area contributed by atoms with Gasteiger partial charge in [-0.25, -0.2) is 14.8 Å². The lowest BCUT2D eigenvalue weighted by Crippen LogP contribution is -2.31. The van der Waals surface area contributed by atoms with Crippen LogP contribution in [0.2, 0.25) is 0 Å². The Morgan fingerprint density at radius 1 is 0.929 bits per heavy atom. The zero-order chi connectivity index (χ0) is 20.8. The summed E-state index contributed by atoms with van der Waals surface area (Å²) in [6.07, 6.45) is 2.05. The van der Waals surface area contributed by atoms with E-state index >= 15 is 0 Å². The quantitative estimate of drug-likeness (QED) is 0.402. The van der Waals surface area contributed by atoms with E-state index in [-0.39, 0.29) is 17.3 Å². The van der Waals surface area contributed by atoms with Crippen LogP contribution < -0.4 is 0 Å². The first-order valence-electron chi connectivity index (χ1n) is 8.74. The van der Waals surface area contributed by atoms with Crippen molar-refractivity contribution in [2.24, 2.45) is 0 Å². The van der Waals surface area contributed by atoms with Crippen LogP contribution in [0, 0.1) is 0 Å². The summed E-state index contributed by atoms with van der Waals surface area (Å²) in [7, 11) is 1.22. The van der Waals surface area contributed by atoms with Crippen LogP contribution in [0.15, 0.2) is 30.6 Å². The standard InChI is InChI=1S/C19H23N3O6/c1-11(2)27-17(24)15(18(25)28-12(3)4)13-7-8-14(16(23)26-5)22(13)19-20-9-6-10-21-19/h6-12,15H,1-5H3. The van der Waals surface area contributed by atoms with Crippen molar-refractivity contribution in [3.63, 3.8) is 0 Å². The van der Waals surface area contributed by atoms with Crippen LogP contribution in [0.3, 0.4) is 0 Å². The van der Waals surface area contributed by atoms with Crippen molar-refractivity contribution in [3.8, 4) is 5.95 Å². The summed E-state index contributed by atoms with van der Waals surface area (Å²) in [5.74, 6) is -3.60. The molecule has 0 aliphatic heterocycles. The Morgan fingerprint density at radius 2 is 1.46 bits per heavy atom. The zero-order valence-electron chi connectivity index (χ0n) is 16.4. The molecule has 0 aliphatic carbocycles. The fourth-order valence-corrected chi connectivity index (χ4v) is 2.51. The molecule has 9 heteroatoms. The van der Waals surface area contributed by atoms with Gasteiger partial charge in [-0.15, -0.1) is 0 Å². The van der Waals surface area contributed by atoms with E-state index in [4.69, 9.17) is 14.2 Å². The fourth-order valence-electron chi connectivity index (χ4n) is 2.51. The summed E-state index contributed by atoms with van der Waals surface area (Å²) in [5, 5.41) is 0. The number of hydrogen-bond donors (Lipinski definition) is 0. The van der Waals surface area contributed by atoms with Crippen LogP contribution in [0.1, 0.15) is 49.8 Å². The van der Waals surface area contributed by atoms with Crippen molar-refractivity contribution in [3.05, 3.63) is 42.0 Å². The molecule has 150 valence electrons. The third kappa shape index (κ3) is 4.73. The van der Waals surface area contributed by atoms with Crippen LogP contribution in [0.4, 0.5) is 0 Å². The van der Waals surface area contributed by atoms with Crippen molar-refractivity contribution < 1.29 is 28.6 Å². The van der Waals surface area contributed by atoms with E-state index in [0.29, 0.717) is 0 Å². The largest absolute Gasteiger partial charge is 0.464 e. The number of hydrogen-bond acceptors (Lipinski definition) is 8. The van der Waals surface area contributed by atoms with Gasteiger partial charge in [0.15, 0.2) is 5.92 Å². The normalized spacial score (nSPS) is 11.0. The highest BCUT2D eigenvalue weighted by atomic mass is 16.6. The van der Waals surface area contributed by atoms with Gasteiger partial charge in [-0.1, -0.05) is 0 Å². The topological polar surface area (TPSA) is 110 Å². The van der Waals surface area contributed by atoms with Gasteiger partial charge in [0.05, 0.1) is 25.0 Å². The average molecular weight is 389 g/mol. The molecular formula is C19H23N3O6. The first-order chi connectivity index (χ1) is 13.3. The van der Waals surface area contributed by atoms with Crippen molar-refractivity contribution in [1.29, 1.82) is 0 Å². The van der Waals surface area contributed by atoms with Crippen LogP contribution in [-0.2, 0) is 23.8 Å². The molecule has 0 saturated carbocycles. The Hall–Kier alpha value is -3.23. The summed E-state index contributed by atoms with van der Waals surface area (Å²) in [6.45, 7) is 6.67. The van der Waals surface area contributed by atoms with Gasteiger partial charge in [0.2, 0.25) is 5.95 Å². The molecule has 2 heterocycles. The van der Waals surface area contributed by atoms with Gasteiger partial charge in [-0.2, -0.15) is 0 Å². The third-order valence-corrected chi connectivity index (χ3v) is 3.53. The Balaban J connectivity index is 2.65. The summed E-state index contributed by atoms with van der Waals surface area (Å²) >= 11 is 0. The van der Waals surface area contributed by atoms with Crippen LogP contribution in [-0.4, -0.2) is 51.8 Å². The lowest BCUT2D eigenvalue weighted by Gasteiger charge is -2.20. The maximum Gasteiger partial charge on any atom is 0.355 e. The van der Waals surface area contributed by atoms with Gasteiger partial charge >= 0.3 is 17.9 Å². The number of carbonyl (C=O) groups excluding carboxylic acids is 3. The van der Waals surface area contributed by atoms with Gasteiger partial charge in [0.25, 0.3) is 0 Å². The van der Waals surface area contributed by atoms with Gasteiger partial charge in [0, 0.05) is 12.4 Å². The number of ether oxygens (including phenoxy) is 3. The average Bonchev–Trinajstić information content (AvgIpc) is 3.05. The minimum atomic E-state index is -1.42. The predicted molar refractivity (Wildman–Crippen MR) is 97.9 cm³/mol. The molecule has 0 saturated heterocycles. The second-order valence-electron chi connectivity index (χ2n) is 6.42. The number of carbonyl (C=O) groups is 3. The number of aromatic nitrogens is 3. The molecule has 9 nitrogen and oxygen atoms in total. The van der Waals surface area contributed by atoms with Crippen molar-refractivity contribution in [2.45, 2.75) is 45.8 Å². The summed E-state index contributed by atoms with van der Waals surface area (Å²) in [5.41, 5.74) is 0.200. The van der Waals surface area contributed by atoms with Gasteiger partial charge < -0.3 is 14.2 Å². The van der Waals surface area contributed by atoms with Crippen LogP contribution in [0.25, 0.3) is 5.95 Å². The van der Waals surface area contributed by atoms with E-state index in [2.05, 4.69) is 9.97 Å². The van der Waals surface area contributed by atoms with Gasteiger partial charge in [0.1, 0.15) is 5.69 Å². The molecule has 0 aliphatic rings. The van der Waals surface area contributed by atoms with E-state index in [1.54, 1.807) is 33.8 Å². The smallest absolute Gasteiger partial charge is 0.355 e. The summed E-state index contributed by atoms with van der Waals surface area (Å²) in [6, 6.07) is 4.48. The van der Waals surface area contributed by atoms with Crippen molar-refractivity contribution >= 4 is 17.9 Å². The molecule has 0 aromatic carbocycles. The highest BCUT2D eigenvalue weighted by molar-refractivity contribution is 6.01. The molecular weight excluding hydrogens is 366 g/mol. The molecule has 0 radical (unpaired) electrons. The molecule has 0 N–H and O–H groups in total. The van der Waals surface area contributed by atoms with E-state index in [1.807, 2.05) is 0 Å². The minimum absolute atomic E-state index is 0.0587. The van der Waals surface area contributed by atoms with Crippen LogP contribution in [0.5, 0.6) is 0 Å². The lowest BCUT2D eigenvalue weighted by atomic mass is 10.1. The highest BCUT2D eigenvalue weighted by Crippen LogP contribution is 2.26. The fraction of sp³-hybridized carbons (Fsp3) is 0.421. The molecule has 28 heavy (non-hydrogen) atoms. The minimum Gasteiger partial charge on any atom is -0.464 e.